The maximum atomic E-state index is 4.71. The SMILES string of the molecule is C=C1c2ccc(N3c4ccccc4Sc4ccccc43)cc2-c2c3ccccc3cc[n+]2C1(CC)CC. The van der Waals surface area contributed by atoms with Crippen molar-refractivity contribution in [1.29, 1.82) is 0 Å². The summed E-state index contributed by atoms with van der Waals surface area (Å²) in [7, 11) is 0. The normalized spacial score (nSPS) is 15.1. The minimum atomic E-state index is -0.130. The van der Waals surface area contributed by atoms with Crippen LogP contribution in [0.5, 0.6) is 0 Å². The van der Waals surface area contributed by atoms with Gasteiger partial charge in [-0.05, 0) is 53.4 Å². The molecule has 180 valence electrons. The molecule has 1 aromatic heterocycles. The fraction of sp³-hybridized carbons (Fsp3) is 0.147. The van der Waals surface area contributed by atoms with Crippen molar-refractivity contribution >= 4 is 45.2 Å². The van der Waals surface area contributed by atoms with Crippen molar-refractivity contribution in [3.63, 3.8) is 0 Å². The van der Waals surface area contributed by atoms with Crippen molar-refractivity contribution in [2.24, 2.45) is 0 Å². The van der Waals surface area contributed by atoms with E-state index in [1.807, 2.05) is 11.8 Å². The highest BCUT2D eigenvalue weighted by Gasteiger charge is 2.47. The third-order valence-corrected chi connectivity index (χ3v) is 9.46. The smallest absolute Gasteiger partial charge is 0.221 e. The molecule has 3 heterocycles. The number of benzene rings is 4. The van der Waals surface area contributed by atoms with E-state index in [9.17, 15) is 0 Å². The minimum Gasteiger partial charge on any atom is -0.308 e. The molecule has 0 aliphatic carbocycles. The lowest BCUT2D eigenvalue weighted by Gasteiger charge is -2.37. The summed E-state index contributed by atoms with van der Waals surface area (Å²) in [6.07, 6.45) is 4.29. The van der Waals surface area contributed by atoms with Crippen LogP contribution in [-0.2, 0) is 5.54 Å². The van der Waals surface area contributed by atoms with Gasteiger partial charge in [0.25, 0.3) is 0 Å². The first-order valence-electron chi connectivity index (χ1n) is 13.1. The lowest BCUT2D eigenvalue weighted by Crippen LogP contribution is -2.59. The van der Waals surface area contributed by atoms with Crippen molar-refractivity contribution in [1.82, 2.24) is 0 Å². The Morgan fingerprint density at radius 2 is 1.41 bits per heavy atom. The summed E-state index contributed by atoms with van der Waals surface area (Å²) in [5.74, 6) is 0. The molecule has 3 heteroatoms. The molecule has 0 bridgehead atoms. The van der Waals surface area contributed by atoms with Gasteiger partial charge in [-0.15, -0.1) is 0 Å². The van der Waals surface area contributed by atoms with Crippen molar-refractivity contribution in [2.75, 3.05) is 4.90 Å². The van der Waals surface area contributed by atoms with Crippen LogP contribution < -0.4 is 9.47 Å². The van der Waals surface area contributed by atoms with E-state index in [4.69, 9.17) is 6.58 Å². The summed E-state index contributed by atoms with van der Waals surface area (Å²) in [6, 6.07) is 35.4. The number of pyridine rings is 1. The quantitative estimate of drug-likeness (QED) is 0.225. The van der Waals surface area contributed by atoms with Gasteiger partial charge in [0.1, 0.15) is 0 Å². The van der Waals surface area contributed by atoms with Crippen molar-refractivity contribution < 1.29 is 4.57 Å². The average Bonchev–Trinajstić information content (AvgIpc) is 2.96. The van der Waals surface area contributed by atoms with E-state index < -0.39 is 0 Å². The number of aromatic nitrogens is 1. The molecule has 0 fully saturated rings. The maximum Gasteiger partial charge on any atom is 0.221 e. The van der Waals surface area contributed by atoms with Crippen LogP contribution in [0.25, 0.3) is 27.6 Å². The Bertz CT molecular complexity index is 1670. The number of allylic oxidation sites excluding steroid dienone is 1. The molecule has 0 atom stereocenters. The Balaban J connectivity index is 1.53. The van der Waals surface area contributed by atoms with Crippen LogP contribution >= 0.6 is 11.8 Å². The van der Waals surface area contributed by atoms with Gasteiger partial charge in [0.15, 0.2) is 11.7 Å². The van der Waals surface area contributed by atoms with Crippen LogP contribution in [0.15, 0.2) is 120 Å². The molecule has 7 rings (SSSR count). The predicted octanol–water partition coefficient (Wildman–Crippen LogP) is 9.27. The summed E-state index contributed by atoms with van der Waals surface area (Å²) in [4.78, 5) is 4.97. The second-order valence-corrected chi connectivity index (χ2v) is 11.0. The van der Waals surface area contributed by atoms with Crippen molar-refractivity contribution in [2.45, 2.75) is 42.0 Å². The van der Waals surface area contributed by atoms with Gasteiger partial charge in [0, 0.05) is 40.0 Å². The first-order chi connectivity index (χ1) is 18.2. The van der Waals surface area contributed by atoms with Crippen LogP contribution in [0.4, 0.5) is 17.1 Å². The first-order valence-corrected chi connectivity index (χ1v) is 13.9. The number of hydrogen-bond acceptors (Lipinski definition) is 2. The fourth-order valence-corrected chi connectivity index (χ4v) is 7.43. The van der Waals surface area contributed by atoms with Crippen LogP contribution in [0, 0.1) is 0 Å². The molecule has 5 aromatic rings. The summed E-state index contributed by atoms with van der Waals surface area (Å²) < 4.78 is 2.51. The van der Waals surface area contributed by atoms with E-state index >= 15 is 0 Å². The molecule has 4 aromatic carbocycles. The summed E-state index contributed by atoms with van der Waals surface area (Å²) in [6.45, 7) is 9.29. The Kier molecular flexibility index (Phi) is 5.06. The summed E-state index contributed by atoms with van der Waals surface area (Å²) in [5.41, 5.74) is 8.51. The van der Waals surface area contributed by atoms with Gasteiger partial charge in [-0.25, -0.2) is 0 Å². The minimum absolute atomic E-state index is 0.130. The Morgan fingerprint density at radius 3 is 2.11 bits per heavy atom. The second kappa shape index (κ2) is 8.36. The Labute approximate surface area is 222 Å². The van der Waals surface area contributed by atoms with Crippen LogP contribution in [-0.4, -0.2) is 0 Å². The van der Waals surface area contributed by atoms with E-state index in [-0.39, 0.29) is 5.54 Å². The van der Waals surface area contributed by atoms with Gasteiger partial charge >= 0.3 is 0 Å². The lowest BCUT2D eigenvalue weighted by atomic mass is 9.75. The molecular weight excluding hydrogens is 468 g/mol. The molecule has 0 spiro atoms. The van der Waals surface area contributed by atoms with Crippen molar-refractivity contribution in [3.05, 3.63) is 115 Å². The van der Waals surface area contributed by atoms with Crippen LogP contribution in [0.3, 0.4) is 0 Å². The van der Waals surface area contributed by atoms with E-state index in [1.165, 1.54) is 60.0 Å². The third-order valence-electron chi connectivity index (χ3n) is 8.33. The van der Waals surface area contributed by atoms with Gasteiger partial charge < -0.3 is 4.90 Å². The van der Waals surface area contributed by atoms with Gasteiger partial charge in [0.2, 0.25) is 5.69 Å². The number of nitrogens with zero attached hydrogens (tertiary/aromatic N) is 2. The van der Waals surface area contributed by atoms with Gasteiger partial charge in [-0.1, -0.05) is 80.7 Å². The molecule has 2 aliphatic heterocycles. The fourth-order valence-electron chi connectivity index (χ4n) is 6.38. The van der Waals surface area contributed by atoms with Gasteiger partial charge in [-0.3, -0.25) is 0 Å². The third kappa shape index (κ3) is 3.10. The summed E-state index contributed by atoms with van der Waals surface area (Å²) >= 11 is 1.85. The molecule has 0 amide bonds. The molecule has 0 radical (unpaired) electrons. The van der Waals surface area contributed by atoms with E-state index in [0.717, 1.165) is 12.8 Å². The number of para-hydroxylation sites is 2. The molecule has 37 heavy (non-hydrogen) atoms. The number of rotatable bonds is 3. The predicted molar refractivity (Wildman–Crippen MR) is 156 cm³/mol. The Morgan fingerprint density at radius 1 is 0.757 bits per heavy atom. The maximum absolute atomic E-state index is 4.71. The molecule has 0 N–H and O–H groups in total. The summed E-state index contributed by atoms with van der Waals surface area (Å²) in [5, 5.41) is 2.56. The van der Waals surface area contributed by atoms with Gasteiger partial charge in [0.05, 0.1) is 22.3 Å². The highest BCUT2D eigenvalue weighted by Crippen LogP contribution is 2.53. The first kappa shape index (κ1) is 22.4. The average molecular weight is 498 g/mol. The monoisotopic (exact) mass is 497 g/mol. The molecule has 0 unspecified atom stereocenters. The number of fused-ring (bicyclic) bond motifs is 7. The molecular formula is C34H29N2S+. The zero-order valence-corrected chi connectivity index (χ0v) is 22.1. The lowest BCUT2D eigenvalue weighted by molar-refractivity contribution is -0.740. The standard InChI is InChI=1S/C34H29N2S/c1-4-34(5-2)23(3)26-19-18-25(22-28(26)33-27-13-7-6-12-24(27)20-21-35(33)34)36-29-14-8-10-16-31(29)37-32-17-11-9-15-30(32)36/h6-22H,3-5H2,1-2H3/q+1. The van der Waals surface area contributed by atoms with Gasteiger partial charge in [-0.2, -0.15) is 4.57 Å². The molecule has 2 nitrogen and oxygen atoms in total. The van der Waals surface area contributed by atoms with E-state index in [0.29, 0.717) is 0 Å². The molecule has 0 saturated carbocycles. The zero-order valence-electron chi connectivity index (χ0n) is 21.2. The highest BCUT2D eigenvalue weighted by molar-refractivity contribution is 7.99. The molecule has 0 saturated heterocycles. The number of anilines is 3. The zero-order chi connectivity index (χ0) is 25.1. The topological polar surface area (TPSA) is 7.12 Å². The molecule has 2 aliphatic rings. The second-order valence-electron chi connectivity index (χ2n) is 9.94. The highest BCUT2D eigenvalue weighted by atomic mass is 32.2. The largest absolute Gasteiger partial charge is 0.308 e. The van der Waals surface area contributed by atoms with Crippen LogP contribution in [0.1, 0.15) is 32.3 Å². The van der Waals surface area contributed by atoms with E-state index in [1.54, 1.807) is 0 Å². The Hall–Kier alpha value is -3.82. The van der Waals surface area contributed by atoms with Crippen molar-refractivity contribution in [3.8, 4) is 11.3 Å². The number of hydrogen-bond donors (Lipinski definition) is 0. The van der Waals surface area contributed by atoms with Crippen LogP contribution in [0.2, 0.25) is 0 Å². The van der Waals surface area contributed by atoms with E-state index in [2.05, 4.69) is 127 Å².